The number of amides is 3. The van der Waals surface area contributed by atoms with E-state index in [9.17, 15) is 14.4 Å². The number of hydrogen-bond donors (Lipinski definition) is 3. The van der Waals surface area contributed by atoms with Crippen LogP contribution in [-0.2, 0) is 20.8 Å². The standard InChI is InChI=1S/C21H23N3O4/c1-3-16-9-11-18(12-10-16)28-14-20(26)23-24-21(27)19(22-15(2)25)13-17-7-5-4-6-8-17/h4-13H,3,14H2,1-2H3,(H,22,25)(H,23,26)(H,24,27)/b19-13-. The van der Waals surface area contributed by atoms with Gasteiger partial charge in [0.15, 0.2) is 6.61 Å². The predicted molar refractivity (Wildman–Crippen MR) is 106 cm³/mol. The summed E-state index contributed by atoms with van der Waals surface area (Å²) in [5.41, 5.74) is 6.42. The molecule has 0 heterocycles. The second-order valence-corrected chi connectivity index (χ2v) is 5.94. The van der Waals surface area contributed by atoms with Crippen molar-refractivity contribution in [3.05, 3.63) is 71.4 Å². The number of benzene rings is 2. The van der Waals surface area contributed by atoms with Crippen LogP contribution in [-0.4, -0.2) is 24.3 Å². The van der Waals surface area contributed by atoms with Gasteiger partial charge in [-0.2, -0.15) is 0 Å². The van der Waals surface area contributed by atoms with E-state index in [1.807, 2.05) is 25.1 Å². The Labute approximate surface area is 163 Å². The van der Waals surface area contributed by atoms with E-state index in [1.54, 1.807) is 36.4 Å². The van der Waals surface area contributed by atoms with Gasteiger partial charge in [0.2, 0.25) is 5.91 Å². The van der Waals surface area contributed by atoms with E-state index in [0.29, 0.717) is 5.75 Å². The molecule has 0 aliphatic heterocycles. The van der Waals surface area contributed by atoms with E-state index < -0.39 is 17.7 Å². The minimum absolute atomic E-state index is 0.00933. The fraction of sp³-hybridized carbons (Fsp3) is 0.190. The third kappa shape index (κ3) is 6.95. The van der Waals surface area contributed by atoms with Crippen molar-refractivity contribution in [2.45, 2.75) is 20.3 Å². The molecule has 0 saturated heterocycles. The van der Waals surface area contributed by atoms with E-state index in [4.69, 9.17) is 4.74 Å². The molecule has 0 aliphatic carbocycles. The summed E-state index contributed by atoms with van der Waals surface area (Å²) >= 11 is 0. The largest absolute Gasteiger partial charge is 0.484 e. The molecule has 146 valence electrons. The quantitative estimate of drug-likeness (QED) is 0.505. The average molecular weight is 381 g/mol. The van der Waals surface area contributed by atoms with Crippen LogP contribution in [0.1, 0.15) is 25.0 Å². The summed E-state index contributed by atoms with van der Waals surface area (Å²) < 4.78 is 5.37. The second kappa shape index (κ2) is 10.5. The first-order chi connectivity index (χ1) is 13.5. The van der Waals surface area contributed by atoms with E-state index >= 15 is 0 Å². The van der Waals surface area contributed by atoms with E-state index in [0.717, 1.165) is 12.0 Å². The molecule has 0 saturated carbocycles. The van der Waals surface area contributed by atoms with Crippen LogP contribution in [0.15, 0.2) is 60.3 Å². The maximum Gasteiger partial charge on any atom is 0.286 e. The lowest BCUT2D eigenvalue weighted by Crippen LogP contribution is -2.46. The minimum atomic E-state index is -0.653. The van der Waals surface area contributed by atoms with Crippen LogP contribution >= 0.6 is 0 Å². The Morgan fingerprint density at radius 2 is 1.64 bits per heavy atom. The molecule has 3 amide bonds. The highest BCUT2D eigenvalue weighted by molar-refractivity contribution is 6.01. The van der Waals surface area contributed by atoms with Crippen LogP contribution in [0.5, 0.6) is 5.75 Å². The molecule has 0 radical (unpaired) electrons. The molecule has 0 fully saturated rings. The van der Waals surface area contributed by atoms with Crippen molar-refractivity contribution in [1.82, 2.24) is 16.2 Å². The number of hydrogen-bond acceptors (Lipinski definition) is 4. The lowest BCUT2D eigenvalue weighted by Gasteiger charge is -2.11. The summed E-state index contributed by atoms with van der Waals surface area (Å²) in [5, 5.41) is 2.45. The van der Waals surface area contributed by atoms with E-state index in [1.165, 1.54) is 18.6 Å². The lowest BCUT2D eigenvalue weighted by molar-refractivity contribution is -0.128. The Morgan fingerprint density at radius 3 is 2.25 bits per heavy atom. The number of aryl methyl sites for hydroxylation is 1. The molecular weight excluding hydrogens is 358 g/mol. The third-order valence-corrected chi connectivity index (χ3v) is 3.68. The Balaban J connectivity index is 1.89. The molecular formula is C21H23N3O4. The molecule has 0 spiro atoms. The first kappa shape index (κ1) is 20.7. The average Bonchev–Trinajstić information content (AvgIpc) is 2.70. The Hall–Kier alpha value is -3.61. The molecule has 28 heavy (non-hydrogen) atoms. The molecule has 0 unspecified atom stereocenters. The predicted octanol–water partition coefficient (Wildman–Crippen LogP) is 1.95. The first-order valence-corrected chi connectivity index (χ1v) is 8.83. The number of rotatable bonds is 7. The van der Waals surface area contributed by atoms with Crippen LogP contribution in [0.3, 0.4) is 0 Å². The van der Waals surface area contributed by atoms with Crippen molar-refractivity contribution in [3.63, 3.8) is 0 Å². The lowest BCUT2D eigenvalue weighted by atomic mass is 10.2. The number of ether oxygens (including phenoxy) is 1. The molecule has 2 aromatic carbocycles. The van der Waals surface area contributed by atoms with Gasteiger partial charge in [-0.05, 0) is 35.8 Å². The first-order valence-electron chi connectivity index (χ1n) is 8.83. The summed E-state index contributed by atoms with van der Waals surface area (Å²) in [7, 11) is 0. The highest BCUT2D eigenvalue weighted by atomic mass is 16.5. The van der Waals surface area contributed by atoms with Gasteiger partial charge >= 0.3 is 0 Å². The summed E-state index contributed by atoms with van der Waals surface area (Å²) in [5.74, 6) is -1.03. The smallest absolute Gasteiger partial charge is 0.286 e. The second-order valence-electron chi connectivity index (χ2n) is 5.94. The van der Waals surface area contributed by atoms with Gasteiger partial charge in [-0.25, -0.2) is 0 Å². The zero-order chi connectivity index (χ0) is 20.4. The maximum atomic E-state index is 12.3. The number of nitrogens with one attached hydrogen (secondary N) is 3. The number of carbonyl (C=O) groups is 3. The Kier molecular flexibility index (Phi) is 7.77. The molecule has 0 aromatic heterocycles. The van der Waals surface area contributed by atoms with Crippen molar-refractivity contribution in [2.75, 3.05) is 6.61 Å². The molecule has 0 atom stereocenters. The van der Waals surface area contributed by atoms with E-state index in [-0.39, 0.29) is 12.3 Å². The fourth-order valence-electron chi connectivity index (χ4n) is 2.26. The highest BCUT2D eigenvalue weighted by Gasteiger charge is 2.12. The Bertz CT molecular complexity index is 846. The fourth-order valence-corrected chi connectivity index (χ4v) is 2.26. The van der Waals surface area contributed by atoms with Gasteiger partial charge in [-0.15, -0.1) is 0 Å². The molecule has 7 nitrogen and oxygen atoms in total. The molecule has 2 aromatic rings. The molecule has 2 rings (SSSR count). The number of carbonyl (C=O) groups excluding carboxylic acids is 3. The number of hydrazine groups is 1. The van der Waals surface area contributed by atoms with Crippen LogP contribution in [0.2, 0.25) is 0 Å². The van der Waals surface area contributed by atoms with Gasteiger partial charge in [-0.1, -0.05) is 49.4 Å². The van der Waals surface area contributed by atoms with Crippen molar-refractivity contribution in [1.29, 1.82) is 0 Å². The zero-order valence-electron chi connectivity index (χ0n) is 15.8. The van der Waals surface area contributed by atoms with Crippen molar-refractivity contribution in [2.24, 2.45) is 0 Å². The SMILES string of the molecule is CCc1ccc(OCC(=O)NNC(=O)/C(=C/c2ccccc2)NC(C)=O)cc1. The van der Waals surface area contributed by atoms with Crippen molar-refractivity contribution >= 4 is 23.8 Å². The topological polar surface area (TPSA) is 96.5 Å². The van der Waals surface area contributed by atoms with Gasteiger partial charge < -0.3 is 10.1 Å². The van der Waals surface area contributed by atoms with Crippen molar-refractivity contribution in [3.8, 4) is 5.75 Å². The van der Waals surface area contributed by atoms with E-state index in [2.05, 4.69) is 16.2 Å². The minimum Gasteiger partial charge on any atom is -0.484 e. The van der Waals surface area contributed by atoms with Crippen LogP contribution in [0.4, 0.5) is 0 Å². The summed E-state index contributed by atoms with van der Waals surface area (Å²) in [6.45, 7) is 3.08. The van der Waals surface area contributed by atoms with Crippen molar-refractivity contribution < 1.29 is 19.1 Å². The zero-order valence-corrected chi connectivity index (χ0v) is 15.8. The normalized spacial score (nSPS) is 10.7. The van der Waals surface area contributed by atoms with Gasteiger partial charge in [0.05, 0.1) is 0 Å². The summed E-state index contributed by atoms with van der Waals surface area (Å²) in [4.78, 5) is 35.5. The molecule has 7 heteroatoms. The van der Waals surface area contributed by atoms with Crippen LogP contribution in [0, 0.1) is 0 Å². The summed E-state index contributed by atoms with van der Waals surface area (Å²) in [6, 6.07) is 16.4. The van der Waals surface area contributed by atoms with Gasteiger partial charge in [0, 0.05) is 6.92 Å². The molecule has 3 N–H and O–H groups in total. The Morgan fingerprint density at radius 1 is 0.964 bits per heavy atom. The molecule has 0 aliphatic rings. The van der Waals surface area contributed by atoms with Crippen LogP contribution < -0.4 is 20.9 Å². The third-order valence-electron chi connectivity index (χ3n) is 3.68. The van der Waals surface area contributed by atoms with Gasteiger partial charge in [-0.3, -0.25) is 25.2 Å². The molecule has 0 bridgehead atoms. The van der Waals surface area contributed by atoms with Gasteiger partial charge in [0.1, 0.15) is 11.4 Å². The monoisotopic (exact) mass is 381 g/mol. The van der Waals surface area contributed by atoms with Gasteiger partial charge in [0.25, 0.3) is 11.8 Å². The maximum absolute atomic E-state index is 12.3. The van der Waals surface area contributed by atoms with Crippen LogP contribution in [0.25, 0.3) is 6.08 Å². The highest BCUT2D eigenvalue weighted by Crippen LogP contribution is 2.12. The summed E-state index contributed by atoms with van der Waals surface area (Å²) in [6.07, 6.45) is 2.43.